The number of hydrogen-bond acceptors (Lipinski definition) is 3. The molecule has 124 valence electrons. The number of halogens is 1. The van der Waals surface area contributed by atoms with Gasteiger partial charge in [0.05, 0.1) is 17.3 Å². The number of nitrogens with zero attached hydrogens (tertiary/aromatic N) is 4. The fraction of sp³-hybridized carbons (Fsp3) is 0.235. The van der Waals surface area contributed by atoms with Crippen LogP contribution in [0.3, 0.4) is 0 Å². The van der Waals surface area contributed by atoms with Crippen molar-refractivity contribution in [2.45, 2.75) is 20.4 Å². The smallest absolute Gasteiger partial charge is 0.278 e. The quantitative estimate of drug-likeness (QED) is 0.791. The number of amides is 1. The van der Waals surface area contributed by atoms with Crippen LogP contribution in [-0.4, -0.2) is 25.5 Å². The van der Waals surface area contributed by atoms with Crippen LogP contribution in [0.4, 0.5) is 5.82 Å². The minimum absolute atomic E-state index is 0.199. The van der Waals surface area contributed by atoms with E-state index in [1.165, 1.54) is 5.56 Å². The highest BCUT2D eigenvalue weighted by atomic mass is 35.5. The molecule has 0 aliphatic heterocycles. The summed E-state index contributed by atoms with van der Waals surface area (Å²) in [6.07, 6.45) is 1.82. The Morgan fingerprint density at radius 3 is 2.71 bits per heavy atom. The van der Waals surface area contributed by atoms with Crippen molar-refractivity contribution in [3.63, 3.8) is 0 Å². The second-order valence-corrected chi connectivity index (χ2v) is 6.09. The van der Waals surface area contributed by atoms with E-state index in [4.69, 9.17) is 11.6 Å². The molecule has 0 aliphatic carbocycles. The lowest BCUT2D eigenvalue weighted by Crippen LogP contribution is -2.14. The van der Waals surface area contributed by atoms with Crippen LogP contribution in [-0.2, 0) is 13.6 Å². The molecule has 0 aliphatic rings. The number of anilines is 1. The summed E-state index contributed by atoms with van der Waals surface area (Å²) < 4.78 is 3.35. The maximum Gasteiger partial charge on any atom is 0.278 e. The third-order valence-electron chi connectivity index (χ3n) is 3.79. The van der Waals surface area contributed by atoms with Crippen molar-refractivity contribution < 1.29 is 4.79 Å². The van der Waals surface area contributed by atoms with Crippen LogP contribution >= 0.6 is 11.6 Å². The molecule has 2 heterocycles. The van der Waals surface area contributed by atoms with Crippen molar-refractivity contribution >= 4 is 23.3 Å². The highest BCUT2D eigenvalue weighted by molar-refractivity contribution is 6.34. The number of nitrogens with one attached hydrogen (secondary N) is 1. The summed E-state index contributed by atoms with van der Waals surface area (Å²) in [6.45, 7) is 4.50. The molecule has 6 nitrogen and oxygen atoms in total. The summed E-state index contributed by atoms with van der Waals surface area (Å²) >= 11 is 6.13. The Bertz CT molecular complexity index is 896. The Morgan fingerprint density at radius 1 is 1.25 bits per heavy atom. The molecule has 3 aromatic rings. The minimum Gasteiger partial charge on any atom is -0.304 e. The van der Waals surface area contributed by atoms with E-state index >= 15 is 0 Å². The molecular formula is C17H18ClN5O. The number of hydrogen-bond donors (Lipinski definition) is 1. The van der Waals surface area contributed by atoms with Crippen LogP contribution in [0.15, 0.2) is 36.5 Å². The van der Waals surface area contributed by atoms with Gasteiger partial charge in [0.25, 0.3) is 5.91 Å². The molecule has 0 saturated carbocycles. The normalized spacial score (nSPS) is 10.8. The first-order valence-corrected chi connectivity index (χ1v) is 7.91. The van der Waals surface area contributed by atoms with Gasteiger partial charge in [-0.1, -0.05) is 41.4 Å². The van der Waals surface area contributed by atoms with Gasteiger partial charge < -0.3 is 5.32 Å². The van der Waals surface area contributed by atoms with Crippen molar-refractivity contribution in [1.29, 1.82) is 0 Å². The van der Waals surface area contributed by atoms with E-state index in [1.807, 2.05) is 25.3 Å². The van der Waals surface area contributed by atoms with Gasteiger partial charge in [-0.25, -0.2) is 0 Å². The zero-order valence-electron chi connectivity index (χ0n) is 13.7. The molecule has 1 amide bonds. The number of carbonyl (C=O) groups excluding carboxylic acids is 1. The number of aryl methyl sites for hydroxylation is 2. The molecule has 2 aromatic heterocycles. The molecule has 0 radical (unpaired) electrons. The minimum atomic E-state index is -0.371. The van der Waals surface area contributed by atoms with Crippen molar-refractivity contribution in [2.24, 2.45) is 7.05 Å². The van der Waals surface area contributed by atoms with Gasteiger partial charge in [-0.05, 0) is 19.4 Å². The summed E-state index contributed by atoms with van der Waals surface area (Å²) in [5, 5.41) is 11.6. The molecule has 0 bridgehead atoms. The van der Waals surface area contributed by atoms with Crippen LogP contribution in [0.1, 0.15) is 27.3 Å². The topological polar surface area (TPSA) is 64.7 Å². The zero-order chi connectivity index (χ0) is 17.3. The van der Waals surface area contributed by atoms with E-state index in [1.54, 1.807) is 22.5 Å². The van der Waals surface area contributed by atoms with Crippen molar-refractivity contribution in [3.8, 4) is 0 Å². The highest BCUT2D eigenvalue weighted by Gasteiger charge is 2.18. The van der Waals surface area contributed by atoms with Gasteiger partial charge in [-0.3, -0.25) is 14.2 Å². The Balaban J connectivity index is 1.71. The van der Waals surface area contributed by atoms with E-state index in [2.05, 4.69) is 34.6 Å². The second kappa shape index (κ2) is 6.49. The van der Waals surface area contributed by atoms with E-state index in [0.717, 1.165) is 11.3 Å². The van der Waals surface area contributed by atoms with Crippen LogP contribution < -0.4 is 5.32 Å². The summed E-state index contributed by atoms with van der Waals surface area (Å²) in [5.41, 5.74) is 3.30. The number of aromatic nitrogens is 4. The van der Waals surface area contributed by atoms with Gasteiger partial charge in [0.2, 0.25) is 0 Å². The lowest BCUT2D eigenvalue weighted by Gasteiger charge is -2.03. The average Bonchev–Trinajstić information content (AvgIpc) is 3.07. The van der Waals surface area contributed by atoms with Gasteiger partial charge in [0.1, 0.15) is 0 Å². The van der Waals surface area contributed by atoms with Gasteiger partial charge in [0.15, 0.2) is 11.5 Å². The highest BCUT2D eigenvalue weighted by Crippen LogP contribution is 2.20. The SMILES string of the molecule is Cc1cccc(Cn2ccc(NC(=O)c3nn(C)c(C)c3Cl)n2)c1. The van der Waals surface area contributed by atoms with Crippen molar-refractivity contribution in [3.05, 3.63) is 64.1 Å². The molecule has 3 rings (SSSR count). The van der Waals surface area contributed by atoms with Crippen LogP contribution in [0.25, 0.3) is 0 Å². The Kier molecular flexibility index (Phi) is 4.40. The summed E-state index contributed by atoms with van der Waals surface area (Å²) in [5.74, 6) is 0.0940. The lowest BCUT2D eigenvalue weighted by atomic mass is 10.1. The fourth-order valence-corrected chi connectivity index (χ4v) is 2.66. The van der Waals surface area contributed by atoms with E-state index in [-0.39, 0.29) is 11.6 Å². The van der Waals surface area contributed by atoms with Crippen LogP contribution in [0, 0.1) is 13.8 Å². The molecule has 1 aromatic carbocycles. The summed E-state index contributed by atoms with van der Waals surface area (Å²) in [7, 11) is 1.74. The van der Waals surface area contributed by atoms with Gasteiger partial charge in [0, 0.05) is 19.3 Å². The van der Waals surface area contributed by atoms with Crippen LogP contribution in [0.5, 0.6) is 0 Å². The molecular weight excluding hydrogens is 326 g/mol. The predicted molar refractivity (Wildman–Crippen MR) is 93.4 cm³/mol. The molecule has 24 heavy (non-hydrogen) atoms. The van der Waals surface area contributed by atoms with Crippen molar-refractivity contribution in [2.75, 3.05) is 5.32 Å². The third kappa shape index (κ3) is 3.33. The van der Waals surface area contributed by atoms with E-state index in [9.17, 15) is 4.79 Å². The van der Waals surface area contributed by atoms with Gasteiger partial charge >= 0.3 is 0 Å². The van der Waals surface area contributed by atoms with Crippen LogP contribution in [0.2, 0.25) is 5.02 Å². The molecule has 0 unspecified atom stereocenters. The molecule has 0 fully saturated rings. The Labute approximate surface area is 145 Å². The van der Waals surface area contributed by atoms with Crippen molar-refractivity contribution in [1.82, 2.24) is 19.6 Å². The fourth-order valence-electron chi connectivity index (χ4n) is 2.42. The number of benzene rings is 1. The average molecular weight is 344 g/mol. The predicted octanol–water partition coefficient (Wildman–Crippen LogP) is 3.19. The molecule has 7 heteroatoms. The monoisotopic (exact) mass is 343 g/mol. The van der Waals surface area contributed by atoms with E-state index in [0.29, 0.717) is 17.4 Å². The molecule has 1 N–H and O–H groups in total. The number of rotatable bonds is 4. The zero-order valence-corrected chi connectivity index (χ0v) is 14.5. The van der Waals surface area contributed by atoms with Gasteiger partial charge in [-0.2, -0.15) is 10.2 Å². The second-order valence-electron chi connectivity index (χ2n) is 5.71. The first-order chi connectivity index (χ1) is 11.4. The first kappa shape index (κ1) is 16.3. The standard InChI is InChI=1S/C17H18ClN5O/c1-11-5-4-6-13(9-11)10-23-8-7-14(20-23)19-17(24)16-15(18)12(2)22(3)21-16/h4-9H,10H2,1-3H3,(H,19,20,24). The maximum absolute atomic E-state index is 12.3. The third-order valence-corrected chi connectivity index (χ3v) is 4.24. The summed E-state index contributed by atoms with van der Waals surface area (Å²) in [6, 6.07) is 9.97. The molecule has 0 spiro atoms. The Morgan fingerprint density at radius 2 is 2.04 bits per heavy atom. The maximum atomic E-state index is 12.3. The molecule has 0 atom stereocenters. The summed E-state index contributed by atoms with van der Waals surface area (Å²) in [4.78, 5) is 12.3. The Hall–Kier alpha value is -2.60. The number of carbonyl (C=O) groups is 1. The lowest BCUT2D eigenvalue weighted by molar-refractivity contribution is 0.102. The molecule has 0 saturated heterocycles. The van der Waals surface area contributed by atoms with E-state index < -0.39 is 0 Å². The first-order valence-electron chi connectivity index (χ1n) is 7.53. The van der Waals surface area contributed by atoms with Gasteiger partial charge in [-0.15, -0.1) is 0 Å². The largest absolute Gasteiger partial charge is 0.304 e.